The Morgan fingerprint density at radius 2 is 0.562 bits per heavy atom. The van der Waals surface area contributed by atoms with Gasteiger partial charge in [0.05, 0.1) is 33.5 Å². The number of pyridine rings is 1. The summed E-state index contributed by atoms with van der Waals surface area (Å²) in [7, 11) is 0. The predicted molar refractivity (Wildman–Crippen MR) is 330 cm³/mol. The molecule has 0 saturated carbocycles. The van der Waals surface area contributed by atoms with Crippen LogP contribution in [0.1, 0.15) is 0 Å². The van der Waals surface area contributed by atoms with Gasteiger partial charge in [-0.1, -0.05) is 212 Å². The largest absolute Gasteiger partial charge is 0.309 e. The van der Waals surface area contributed by atoms with Gasteiger partial charge in [0, 0.05) is 66.3 Å². The number of hydrogen-bond acceptors (Lipinski definition) is 4. The third-order valence-electron chi connectivity index (χ3n) is 15.4. The fourth-order valence-corrected chi connectivity index (χ4v) is 11.7. The lowest BCUT2D eigenvalue weighted by molar-refractivity contribution is 1.07. The molecule has 0 N–H and O–H groups in total. The number of hydrogen-bond donors (Lipinski definition) is 0. The molecule has 0 amide bonds. The number of benzene rings is 11. The lowest BCUT2D eigenvalue weighted by atomic mass is 9.83. The molecule has 6 nitrogen and oxygen atoms in total. The maximum atomic E-state index is 5.47. The minimum atomic E-state index is 0.568. The molecule has 0 unspecified atom stereocenters. The molecular weight excluding hydrogens is 973 g/mol. The Morgan fingerprint density at radius 3 is 1.01 bits per heavy atom. The first kappa shape index (κ1) is 46.5. The molecule has 0 atom stereocenters. The van der Waals surface area contributed by atoms with E-state index in [0.29, 0.717) is 17.5 Å². The van der Waals surface area contributed by atoms with Crippen molar-refractivity contribution in [2.45, 2.75) is 0 Å². The van der Waals surface area contributed by atoms with Gasteiger partial charge in [-0.3, -0.25) is 0 Å². The summed E-state index contributed by atoms with van der Waals surface area (Å²) in [5.74, 6) is 1.76. The zero-order valence-corrected chi connectivity index (χ0v) is 43.4. The van der Waals surface area contributed by atoms with Crippen molar-refractivity contribution in [3.05, 3.63) is 291 Å². The van der Waals surface area contributed by atoms with Gasteiger partial charge < -0.3 is 9.13 Å². The molecule has 0 aliphatic rings. The summed E-state index contributed by atoms with van der Waals surface area (Å²) in [5.41, 5.74) is 19.4. The summed E-state index contributed by atoms with van der Waals surface area (Å²) in [6.07, 6.45) is 0. The molecule has 0 radical (unpaired) electrons. The van der Waals surface area contributed by atoms with Crippen molar-refractivity contribution in [1.82, 2.24) is 29.1 Å². The molecule has 11 aromatic carbocycles. The van der Waals surface area contributed by atoms with Crippen LogP contribution >= 0.6 is 0 Å². The van der Waals surface area contributed by atoms with Crippen LogP contribution in [0.2, 0.25) is 0 Å². The zero-order valence-electron chi connectivity index (χ0n) is 43.4. The second-order valence-corrected chi connectivity index (χ2v) is 20.1. The maximum Gasteiger partial charge on any atom is 0.164 e. The number of nitrogens with zero attached hydrogens (tertiary/aromatic N) is 6. The van der Waals surface area contributed by atoms with Crippen LogP contribution in [0.3, 0.4) is 0 Å². The monoisotopic (exact) mass is 1020 g/mol. The molecule has 4 heterocycles. The van der Waals surface area contributed by atoms with Gasteiger partial charge in [-0.15, -0.1) is 0 Å². The Bertz CT molecular complexity index is 4360. The molecule has 0 bridgehead atoms. The highest BCUT2D eigenvalue weighted by Gasteiger charge is 2.26. The lowest BCUT2D eigenvalue weighted by Crippen LogP contribution is -2.03. The lowest BCUT2D eigenvalue weighted by Gasteiger charge is -2.22. The standard InChI is InChI=1S/C74H48N6/c1-7-23-49(24-8-1)64-47-55(48-65(75-64)50-25-9-2-10-26-50)58-41-42-61(74-77-72(51-27-11-3-12-28-51)76-73(78-74)52-29-13-4-14-30-52)71(54-40-44-69-63(46-54)60-36-20-22-38-67(60)80(69)57-33-17-6-18-34-57)70(58)53-39-43-68-62(45-53)59-35-19-21-37-66(59)79(68)56-31-15-5-16-32-56/h1-48H. The molecule has 15 aromatic rings. The van der Waals surface area contributed by atoms with Crippen molar-refractivity contribution >= 4 is 43.6 Å². The highest BCUT2D eigenvalue weighted by molar-refractivity contribution is 6.14. The summed E-state index contributed by atoms with van der Waals surface area (Å²) in [6.45, 7) is 0. The Balaban J connectivity index is 1.10. The fraction of sp³-hybridized carbons (Fsp3) is 0. The highest BCUT2D eigenvalue weighted by atomic mass is 15.0. The molecule has 80 heavy (non-hydrogen) atoms. The molecule has 15 rings (SSSR count). The molecule has 0 aliphatic heterocycles. The Labute approximate surface area is 462 Å². The molecule has 0 saturated heterocycles. The number of aromatic nitrogens is 6. The van der Waals surface area contributed by atoms with E-state index in [2.05, 4.69) is 264 Å². The van der Waals surface area contributed by atoms with Crippen molar-refractivity contribution in [3.63, 3.8) is 0 Å². The average molecular weight is 1020 g/mol. The minimum Gasteiger partial charge on any atom is -0.309 e. The van der Waals surface area contributed by atoms with E-state index in [-0.39, 0.29) is 0 Å². The van der Waals surface area contributed by atoms with E-state index in [0.717, 1.165) is 122 Å². The summed E-state index contributed by atoms with van der Waals surface area (Å²) in [6, 6.07) is 103. The minimum absolute atomic E-state index is 0.568. The van der Waals surface area contributed by atoms with Crippen molar-refractivity contribution in [2.75, 3.05) is 0 Å². The highest BCUT2D eigenvalue weighted by Crippen LogP contribution is 2.49. The first-order valence-corrected chi connectivity index (χ1v) is 27.0. The summed E-state index contributed by atoms with van der Waals surface area (Å²) >= 11 is 0. The summed E-state index contributed by atoms with van der Waals surface area (Å²) in [4.78, 5) is 21.5. The van der Waals surface area contributed by atoms with E-state index in [1.165, 1.54) is 5.39 Å². The van der Waals surface area contributed by atoms with Crippen molar-refractivity contribution in [3.8, 4) is 101 Å². The van der Waals surface area contributed by atoms with Crippen molar-refractivity contribution in [2.24, 2.45) is 0 Å². The summed E-state index contributed by atoms with van der Waals surface area (Å²) < 4.78 is 4.76. The van der Waals surface area contributed by atoms with Gasteiger partial charge in [0.1, 0.15) is 0 Å². The van der Waals surface area contributed by atoms with Gasteiger partial charge in [-0.25, -0.2) is 19.9 Å². The van der Waals surface area contributed by atoms with Crippen LogP contribution in [0.5, 0.6) is 0 Å². The van der Waals surface area contributed by atoms with Gasteiger partial charge in [0.2, 0.25) is 0 Å². The van der Waals surface area contributed by atoms with E-state index >= 15 is 0 Å². The molecular formula is C74H48N6. The Hall–Kier alpha value is -10.8. The average Bonchev–Trinajstić information content (AvgIpc) is 4.25. The van der Waals surface area contributed by atoms with Gasteiger partial charge in [-0.2, -0.15) is 0 Å². The molecule has 0 aliphatic carbocycles. The second kappa shape index (κ2) is 19.6. The first-order chi connectivity index (χ1) is 39.7. The van der Waals surface area contributed by atoms with Gasteiger partial charge >= 0.3 is 0 Å². The van der Waals surface area contributed by atoms with Crippen molar-refractivity contribution < 1.29 is 0 Å². The quantitative estimate of drug-likeness (QED) is 0.137. The number of fused-ring (bicyclic) bond motifs is 6. The molecule has 0 spiro atoms. The predicted octanol–water partition coefficient (Wildman–Crippen LogP) is 18.8. The van der Waals surface area contributed by atoms with Crippen molar-refractivity contribution in [1.29, 1.82) is 0 Å². The smallest absolute Gasteiger partial charge is 0.164 e. The van der Waals surface area contributed by atoms with E-state index < -0.39 is 0 Å². The SMILES string of the molecule is c1ccc(-c2cc(-c3ccc(-c4nc(-c5ccccc5)nc(-c5ccccc5)n4)c(-c4ccc5c(c4)c4ccccc4n5-c4ccccc4)c3-c3ccc4c(c3)c3ccccc3n4-c3ccccc3)cc(-c3ccccc3)n2)cc1. The van der Waals surface area contributed by atoms with Crippen LogP contribution in [0.25, 0.3) is 145 Å². The Kier molecular flexibility index (Phi) is 11.4. The molecule has 6 heteroatoms. The normalized spacial score (nSPS) is 11.5. The van der Waals surface area contributed by atoms with Crippen LogP contribution in [-0.4, -0.2) is 29.1 Å². The third kappa shape index (κ3) is 8.14. The van der Waals surface area contributed by atoms with E-state index in [9.17, 15) is 0 Å². The van der Waals surface area contributed by atoms with E-state index in [4.69, 9.17) is 19.9 Å². The van der Waals surface area contributed by atoms with Crippen LogP contribution in [0.4, 0.5) is 0 Å². The first-order valence-electron chi connectivity index (χ1n) is 27.0. The second-order valence-electron chi connectivity index (χ2n) is 20.1. The third-order valence-corrected chi connectivity index (χ3v) is 15.4. The topological polar surface area (TPSA) is 61.4 Å². The van der Waals surface area contributed by atoms with Crippen LogP contribution in [0, 0.1) is 0 Å². The molecule has 4 aromatic heterocycles. The molecule has 0 fully saturated rings. The van der Waals surface area contributed by atoms with E-state index in [1.807, 2.05) is 36.4 Å². The van der Waals surface area contributed by atoms with Gasteiger partial charge in [0.25, 0.3) is 0 Å². The van der Waals surface area contributed by atoms with E-state index in [1.54, 1.807) is 0 Å². The van der Waals surface area contributed by atoms with Crippen LogP contribution in [0.15, 0.2) is 291 Å². The fourth-order valence-electron chi connectivity index (χ4n) is 11.7. The van der Waals surface area contributed by atoms with Crippen LogP contribution < -0.4 is 0 Å². The number of rotatable bonds is 10. The summed E-state index contributed by atoms with van der Waals surface area (Å²) in [5, 5.41) is 4.61. The van der Waals surface area contributed by atoms with Gasteiger partial charge in [-0.05, 0) is 107 Å². The Morgan fingerprint density at radius 1 is 0.212 bits per heavy atom. The van der Waals surface area contributed by atoms with Crippen LogP contribution in [-0.2, 0) is 0 Å². The number of para-hydroxylation sites is 4. The molecule has 374 valence electrons. The maximum absolute atomic E-state index is 5.47. The van der Waals surface area contributed by atoms with Gasteiger partial charge in [0.15, 0.2) is 17.5 Å². The zero-order chi connectivity index (χ0) is 52.9.